The van der Waals surface area contributed by atoms with Gasteiger partial charge in [-0.05, 0) is 30.7 Å². The van der Waals surface area contributed by atoms with E-state index in [9.17, 15) is 23.2 Å². The van der Waals surface area contributed by atoms with Crippen molar-refractivity contribution in [3.8, 4) is 0 Å². The first-order chi connectivity index (χ1) is 17.3. The molecule has 2 aliphatic rings. The van der Waals surface area contributed by atoms with Gasteiger partial charge in [0.1, 0.15) is 17.4 Å². The molecule has 0 bridgehead atoms. The van der Waals surface area contributed by atoms with Crippen LogP contribution in [0.4, 0.5) is 8.78 Å². The Morgan fingerprint density at radius 2 is 1.50 bits per heavy atom. The number of likely N-dealkylation sites (tertiary alicyclic amines) is 1. The van der Waals surface area contributed by atoms with Gasteiger partial charge in [0.25, 0.3) is 5.91 Å². The van der Waals surface area contributed by atoms with E-state index in [0.717, 1.165) is 11.6 Å². The lowest BCUT2D eigenvalue weighted by Crippen LogP contribution is -2.51. The number of ketones is 1. The van der Waals surface area contributed by atoms with Gasteiger partial charge in [-0.15, -0.1) is 0 Å². The second kappa shape index (κ2) is 13.8. The van der Waals surface area contributed by atoms with E-state index < -0.39 is 11.6 Å². The number of halogens is 2. The minimum absolute atomic E-state index is 0.00210. The van der Waals surface area contributed by atoms with Gasteiger partial charge >= 0.3 is 0 Å². The fourth-order valence-electron chi connectivity index (χ4n) is 4.25. The number of carbonyl (C=O) groups is 3. The maximum absolute atomic E-state index is 13.6. The third kappa shape index (κ3) is 8.52. The van der Waals surface area contributed by atoms with Crippen LogP contribution in [0.3, 0.4) is 0 Å². The maximum atomic E-state index is 13.6. The largest absolute Gasteiger partial charge is 0.345 e. The summed E-state index contributed by atoms with van der Waals surface area (Å²) in [5.74, 6) is -1.59. The van der Waals surface area contributed by atoms with Crippen molar-refractivity contribution in [1.29, 1.82) is 0 Å². The van der Waals surface area contributed by atoms with Gasteiger partial charge in [-0.3, -0.25) is 14.4 Å². The van der Waals surface area contributed by atoms with Crippen LogP contribution in [0.15, 0.2) is 42.5 Å². The highest BCUT2D eigenvalue weighted by molar-refractivity contribution is 5.96. The molecule has 1 saturated heterocycles. The summed E-state index contributed by atoms with van der Waals surface area (Å²) in [5, 5.41) is 5.43. The van der Waals surface area contributed by atoms with Crippen LogP contribution in [0.25, 0.3) is 0 Å². The molecule has 2 amide bonds. The highest BCUT2D eigenvalue weighted by Crippen LogP contribution is 2.27. The zero-order valence-electron chi connectivity index (χ0n) is 20.8. The Morgan fingerprint density at radius 3 is 2.06 bits per heavy atom. The van der Waals surface area contributed by atoms with Gasteiger partial charge in [0.05, 0.1) is 13.1 Å². The molecule has 1 heterocycles. The van der Waals surface area contributed by atoms with Crippen LogP contribution in [-0.4, -0.2) is 48.7 Å². The van der Waals surface area contributed by atoms with E-state index in [1.54, 1.807) is 17.0 Å². The summed E-state index contributed by atoms with van der Waals surface area (Å²) in [4.78, 5) is 36.8. The summed E-state index contributed by atoms with van der Waals surface area (Å²) in [6, 6.07) is 10.5. The summed E-state index contributed by atoms with van der Waals surface area (Å²) < 4.78 is 26.5. The molecule has 0 atom stereocenters. The molecule has 2 aromatic rings. The summed E-state index contributed by atoms with van der Waals surface area (Å²) in [5.41, 5.74) is 1.81. The third-order valence-electron chi connectivity index (χ3n) is 6.48. The predicted molar refractivity (Wildman–Crippen MR) is 135 cm³/mol. The Hall–Kier alpha value is -3.13. The first kappa shape index (κ1) is 27.5. The van der Waals surface area contributed by atoms with Crippen LogP contribution in [0, 0.1) is 11.6 Å². The van der Waals surface area contributed by atoms with Gasteiger partial charge < -0.3 is 15.5 Å². The highest BCUT2D eigenvalue weighted by atomic mass is 19.1. The van der Waals surface area contributed by atoms with Gasteiger partial charge in [-0.25, -0.2) is 8.78 Å². The Morgan fingerprint density at radius 1 is 0.889 bits per heavy atom. The molecule has 0 radical (unpaired) electrons. The number of carbonyl (C=O) groups excluding carboxylic acids is 3. The van der Waals surface area contributed by atoms with Gasteiger partial charge in [0.2, 0.25) is 5.91 Å². The maximum Gasteiger partial charge on any atom is 0.251 e. The zero-order valence-corrected chi connectivity index (χ0v) is 20.8. The SMILES string of the molecule is C1CCCCC1.CC(=O)CNC(=O)c1ccc(C2CN(C(=O)CNCc3ccc(F)cc3F)C2)cc1. The molecule has 4 rings (SSSR count). The fraction of sp³-hybridized carbons (Fsp3) is 0.464. The van der Waals surface area contributed by atoms with Crippen molar-refractivity contribution in [2.75, 3.05) is 26.2 Å². The minimum atomic E-state index is -0.641. The summed E-state index contributed by atoms with van der Waals surface area (Å²) in [6.45, 7) is 2.76. The van der Waals surface area contributed by atoms with E-state index in [1.165, 1.54) is 57.6 Å². The van der Waals surface area contributed by atoms with Gasteiger partial charge in [-0.2, -0.15) is 0 Å². The molecule has 6 nitrogen and oxygen atoms in total. The van der Waals surface area contributed by atoms with Crippen molar-refractivity contribution >= 4 is 17.6 Å². The summed E-state index contributed by atoms with van der Waals surface area (Å²) in [6.07, 6.45) is 9.00. The molecule has 1 aliphatic carbocycles. The van der Waals surface area contributed by atoms with Crippen LogP contribution in [-0.2, 0) is 16.1 Å². The Balaban J connectivity index is 0.000000526. The monoisotopic (exact) mass is 499 g/mol. The number of benzene rings is 2. The van der Waals surface area contributed by atoms with Gasteiger partial charge in [0.15, 0.2) is 0 Å². The number of Topliss-reactive ketones (excluding diaryl/α,β-unsaturated/α-hetero) is 1. The molecule has 2 fully saturated rings. The van der Waals surface area contributed by atoms with E-state index in [-0.39, 0.29) is 43.1 Å². The van der Waals surface area contributed by atoms with Crippen molar-refractivity contribution in [3.05, 3.63) is 70.8 Å². The number of rotatable bonds is 8. The molecule has 1 saturated carbocycles. The average Bonchev–Trinajstić information content (AvgIpc) is 2.85. The normalized spacial score (nSPS) is 15.4. The highest BCUT2D eigenvalue weighted by Gasteiger charge is 2.31. The van der Waals surface area contributed by atoms with E-state index in [0.29, 0.717) is 24.2 Å². The molecular formula is C28H35F2N3O3. The topological polar surface area (TPSA) is 78.5 Å². The Labute approximate surface area is 211 Å². The first-order valence-electron chi connectivity index (χ1n) is 12.6. The Kier molecular flexibility index (Phi) is 10.5. The lowest BCUT2D eigenvalue weighted by molar-refractivity contribution is -0.134. The standard InChI is InChI=1S/C22H23F2N3O3.C6H12/c1-14(28)9-26-22(30)16-4-2-15(3-5-16)18-12-27(13-18)21(29)11-25-10-17-6-7-19(23)8-20(17)24;1-2-4-6-5-3-1/h2-8,18,25H,9-13H2,1H3,(H,26,30);1-6H2. The van der Waals surface area contributed by atoms with Crippen molar-refractivity contribution in [2.45, 2.75) is 57.9 Å². The molecule has 2 aromatic carbocycles. The lowest BCUT2D eigenvalue weighted by Gasteiger charge is -2.39. The van der Waals surface area contributed by atoms with E-state index >= 15 is 0 Å². The minimum Gasteiger partial charge on any atom is -0.345 e. The van der Waals surface area contributed by atoms with Gasteiger partial charge in [0, 0.05) is 42.7 Å². The smallest absolute Gasteiger partial charge is 0.251 e. The molecule has 2 N–H and O–H groups in total. The predicted octanol–water partition coefficient (Wildman–Crippen LogP) is 4.34. The van der Waals surface area contributed by atoms with Crippen LogP contribution >= 0.6 is 0 Å². The van der Waals surface area contributed by atoms with Crippen molar-refractivity contribution in [3.63, 3.8) is 0 Å². The molecule has 0 aromatic heterocycles. The fourth-order valence-corrected chi connectivity index (χ4v) is 4.25. The zero-order chi connectivity index (χ0) is 25.9. The second-order valence-electron chi connectivity index (χ2n) is 9.46. The third-order valence-corrected chi connectivity index (χ3v) is 6.48. The second-order valence-corrected chi connectivity index (χ2v) is 9.46. The summed E-state index contributed by atoms with van der Waals surface area (Å²) in [7, 11) is 0. The van der Waals surface area contributed by atoms with Crippen LogP contribution in [0.5, 0.6) is 0 Å². The van der Waals surface area contributed by atoms with Crippen molar-refractivity contribution in [2.24, 2.45) is 0 Å². The lowest BCUT2D eigenvalue weighted by atomic mass is 9.90. The van der Waals surface area contributed by atoms with Crippen molar-refractivity contribution < 1.29 is 23.2 Å². The van der Waals surface area contributed by atoms with E-state index in [2.05, 4.69) is 10.6 Å². The number of hydrogen-bond acceptors (Lipinski definition) is 4. The molecule has 0 unspecified atom stereocenters. The quantitative estimate of drug-likeness (QED) is 0.567. The van der Waals surface area contributed by atoms with Crippen LogP contribution in [0.2, 0.25) is 0 Å². The summed E-state index contributed by atoms with van der Waals surface area (Å²) >= 11 is 0. The molecule has 1 aliphatic heterocycles. The number of amides is 2. The number of nitrogens with one attached hydrogen (secondary N) is 2. The molecule has 8 heteroatoms. The molecule has 194 valence electrons. The molecule has 0 spiro atoms. The number of nitrogens with zero attached hydrogens (tertiary/aromatic N) is 1. The van der Waals surface area contributed by atoms with E-state index in [1.807, 2.05) is 12.1 Å². The van der Waals surface area contributed by atoms with Crippen molar-refractivity contribution in [1.82, 2.24) is 15.5 Å². The van der Waals surface area contributed by atoms with Crippen LogP contribution in [0.1, 0.15) is 72.9 Å². The Bertz CT molecular complexity index is 1020. The number of hydrogen-bond donors (Lipinski definition) is 2. The van der Waals surface area contributed by atoms with E-state index in [4.69, 9.17) is 0 Å². The first-order valence-corrected chi connectivity index (χ1v) is 12.6. The van der Waals surface area contributed by atoms with Gasteiger partial charge in [-0.1, -0.05) is 56.7 Å². The molecule has 36 heavy (non-hydrogen) atoms. The average molecular weight is 500 g/mol. The van der Waals surface area contributed by atoms with Crippen LogP contribution < -0.4 is 10.6 Å². The molecular weight excluding hydrogens is 464 g/mol.